The molecule has 0 saturated carbocycles. The number of ether oxygens (including phenoxy) is 2. The van der Waals surface area contributed by atoms with Crippen molar-refractivity contribution in [2.24, 2.45) is 76.8 Å². The summed E-state index contributed by atoms with van der Waals surface area (Å²) in [5.74, 6) is 10.3. The lowest BCUT2D eigenvalue weighted by atomic mass is 9.91. The summed E-state index contributed by atoms with van der Waals surface area (Å²) in [5.41, 5.74) is 3.95. The van der Waals surface area contributed by atoms with E-state index in [1.165, 1.54) is 24.3 Å². The molecule has 3 rings (SSSR count). The van der Waals surface area contributed by atoms with Gasteiger partial charge in [0.1, 0.15) is 11.7 Å². The van der Waals surface area contributed by atoms with Crippen molar-refractivity contribution < 1.29 is 57.4 Å². The molecule has 2 fully saturated rings. The number of rotatable bonds is 34. The molecule has 2 heterocycles. The highest BCUT2D eigenvalue weighted by molar-refractivity contribution is 8.03. The number of Topliss-reactive ketones (excluding diaryl/α,β-unsaturated/α-hetero) is 1. The third-order valence-corrected chi connectivity index (χ3v) is 34.1. The van der Waals surface area contributed by atoms with Gasteiger partial charge in [-0.15, -0.1) is 58.8 Å². The van der Waals surface area contributed by atoms with Crippen LogP contribution in [0.5, 0.6) is 0 Å². The van der Waals surface area contributed by atoms with Crippen molar-refractivity contribution in [3.8, 4) is 0 Å². The Hall–Kier alpha value is -3.05. The number of esters is 2. The van der Waals surface area contributed by atoms with Gasteiger partial charge < -0.3 is 40.5 Å². The van der Waals surface area contributed by atoms with Crippen LogP contribution >= 0.6 is 106 Å². The quantitative estimate of drug-likeness (QED) is 0.0202. The van der Waals surface area contributed by atoms with Gasteiger partial charge in [0.15, 0.2) is 5.78 Å². The zero-order valence-corrected chi connectivity index (χ0v) is 114. The molecular formula is C122H232N6O12S9. The predicted octanol–water partition coefficient (Wildman–Crippen LogP) is 33.0. The van der Waals surface area contributed by atoms with Gasteiger partial charge in [0.2, 0.25) is 35.4 Å². The monoisotopic (exact) mass is 2260 g/mol. The van der Waals surface area contributed by atoms with Crippen LogP contribution in [0.25, 0.3) is 0 Å². The van der Waals surface area contributed by atoms with Gasteiger partial charge in [-0.1, -0.05) is 270 Å². The van der Waals surface area contributed by atoms with Gasteiger partial charge >= 0.3 is 11.9 Å². The van der Waals surface area contributed by atoms with Crippen LogP contribution in [0, 0.1) is 76.8 Å². The standard InChI is InChI=1S/C16H29NOS.C16H30O3S.C14H29NOS.C14H27NOS.2C13H25NOS.C13H24O2S.C12H22OS.C11H21NOS/c1-15(2,3)11-19-13-10-8-7-9-12(13)14(18)17-16(4,5)6;1-12(17)13(8-9-20-11-16(5,6)7)14(18)19-10-15(2,3)4;1-10(12(16)15-14(6,7)8)11(2)17-9-13(3,4)5;1-8-11(9-17-10-13(2,3)4)12(16)15-14(5,6)7;1-12(2,3)9-16-10-7-11(15)14(8-10)13(4,5)6;1-10(2)14-7-6-11(8-12(14)15)16-9-13(3,4)5;1-12(2,3)9-15-11(14)7-8-16-10-13(4,5)6;1-11(2,3)9-14-8-7-10(13)12(4,5)6;1-9(2)12-10(13)6-7-14-8-11(3,4)5/h7-11H2,1-6H3,(H,17,18);13H,8-11H2,1-7H3;10-11H,9H2,1-8H3,(H,15,16);9H,8,10H2,1-7H3,(H,15,16);10H,7-9H2,1-6H3;10-11H,6-9H2,1-5H3;7-8H,9-10H2,1-6H3;7-8H,9H2,1-6H3;6-7,9H,8H2,1-5H3,(H,12,13). The Morgan fingerprint density at radius 3 is 1.22 bits per heavy atom. The fourth-order valence-electron chi connectivity index (χ4n) is 11.6. The number of hydrogen-bond acceptors (Lipinski definition) is 21. The van der Waals surface area contributed by atoms with Crippen molar-refractivity contribution in [3.05, 3.63) is 55.9 Å². The summed E-state index contributed by atoms with van der Waals surface area (Å²) < 4.78 is 10.4. The van der Waals surface area contributed by atoms with Crippen molar-refractivity contribution in [1.29, 1.82) is 0 Å². The lowest BCUT2D eigenvalue weighted by Gasteiger charge is -2.35. The smallest absolute Gasteiger partial charge is 0.331 e. The highest BCUT2D eigenvalue weighted by Crippen LogP contribution is 2.39. The Bertz CT molecular complexity index is 4000. The molecule has 0 aromatic heterocycles. The molecule has 5 atom stereocenters. The first kappa shape index (κ1) is 157. The van der Waals surface area contributed by atoms with Gasteiger partial charge in [0, 0.05) is 139 Å². The van der Waals surface area contributed by atoms with Gasteiger partial charge in [0.25, 0.3) is 0 Å². The lowest BCUT2D eigenvalue weighted by Crippen LogP contribution is -2.45. The van der Waals surface area contributed by atoms with Crippen LogP contribution in [0.3, 0.4) is 0 Å². The number of likely N-dealkylation sites (tertiary alicyclic amines) is 2. The number of carbonyl (C=O) groups is 10. The second-order valence-corrected chi connectivity index (χ2v) is 68.7. The van der Waals surface area contributed by atoms with Crippen molar-refractivity contribution in [2.45, 2.75) is 496 Å². The number of piperidine rings is 1. The molecule has 2 saturated heterocycles. The minimum absolute atomic E-state index is 0.0126. The molecule has 3 aliphatic rings. The van der Waals surface area contributed by atoms with Gasteiger partial charge in [-0.2, -0.15) is 47.0 Å². The normalized spacial score (nSPS) is 16.3. The molecule has 4 N–H and O–H groups in total. The molecule has 876 valence electrons. The van der Waals surface area contributed by atoms with Crippen LogP contribution in [0.4, 0.5) is 0 Å². The van der Waals surface area contributed by atoms with Crippen LogP contribution in [-0.2, 0) is 57.4 Å². The van der Waals surface area contributed by atoms with Crippen molar-refractivity contribution >= 4 is 165 Å². The third-order valence-electron chi connectivity index (χ3n) is 19.4. The largest absolute Gasteiger partial charge is 0.465 e. The van der Waals surface area contributed by atoms with Crippen LogP contribution in [0.2, 0.25) is 0 Å². The Balaban J connectivity index is -0.000000387. The molecule has 0 bridgehead atoms. The van der Waals surface area contributed by atoms with E-state index in [1.54, 1.807) is 71.0 Å². The Morgan fingerprint density at radius 2 is 0.846 bits per heavy atom. The van der Waals surface area contributed by atoms with Crippen LogP contribution in [-0.4, -0.2) is 203 Å². The highest BCUT2D eigenvalue weighted by Gasteiger charge is 2.38. The van der Waals surface area contributed by atoms with Gasteiger partial charge in [-0.25, -0.2) is 4.79 Å². The summed E-state index contributed by atoms with van der Waals surface area (Å²) >= 11 is 16.2. The molecule has 6 amide bonds. The van der Waals surface area contributed by atoms with E-state index in [-0.39, 0.29) is 108 Å². The first-order valence-electron chi connectivity index (χ1n) is 54.6. The van der Waals surface area contributed by atoms with Crippen molar-refractivity contribution in [3.63, 3.8) is 0 Å². The summed E-state index contributed by atoms with van der Waals surface area (Å²) in [4.78, 5) is 123. The number of hydrogen-bond donors (Lipinski definition) is 4. The molecule has 0 aromatic carbocycles. The first-order valence-corrected chi connectivity index (χ1v) is 64.1. The fraction of sp³-hybridized carbons (Fsp3) is 0.836. The van der Waals surface area contributed by atoms with E-state index in [1.807, 2.05) is 231 Å². The Kier molecular flexibility index (Phi) is 75.9. The van der Waals surface area contributed by atoms with E-state index in [0.717, 1.165) is 127 Å². The molecule has 0 radical (unpaired) electrons. The predicted molar refractivity (Wildman–Crippen MR) is 673 cm³/mol. The maximum Gasteiger partial charge on any atom is 0.331 e. The lowest BCUT2D eigenvalue weighted by molar-refractivity contribution is -0.154. The van der Waals surface area contributed by atoms with Gasteiger partial charge in [-0.05, 0) is 284 Å². The second-order valence-electron chi connectivity index (χ2n) is 59.1. The van der Waals surface area contributed by atoms with Crippen LogP contribution in [0.1, 0.15) is 446 Å². The van der Waals surface area contributed by atoms with Crippen molar-refractivity contribution in [1.82, 2.24) is 31.1 Å². The average molecular weight is 2260 g/mol. The maximum atomic E-state index is 12.4. The fourth-order valence-corrected chi connectivity index (χ4v) is 21.2. The Morgan fingerprint density at radius 1 is 0.443 bits per heavy atom. The first-order chi connectivity index (χ1) is 66.4. The number of nitrogens with one attached hydrogen (secondary N) is 4. The summed E-state index contributed by atoms with van der Waals surface area (Å²) in [6.07, 6.45) is 13.1. The SMILES string of the molecule is CC(=O)C(CCSCC(C)(C)C)C(=O)OCC(C)(C)C.CC(C)(C)COC(=O)C=CSCC(C)(C)C.CC(C)(C)CSC1=C(C(=O)NC(C)(C)C)CCCC1.CC(C)(C)CSC1CC(=O)N(C(C)(C)C)C1.CC(C)(C)CSC=CC(=O)C(C)(C)C.CC(C)N1CCC(SCC(C)(C)C)CC1=O.CC(C)NC(=O)C=CSCC(C)(C)C.CC(SCC(C)(C)C)C(C)C(=O)NC(C)(C)C.CCC(=CSCC(C)(C)C)C(=O)NC(C)(C)C. The summed E-state index contributed by atoms with van der Waals surface area (Å²) in [5, 5.41) is 20.9. The summed E-state index contributed by atoms with van der Waals surface area (Å²) in [7, 11) is 0. The molecular weight excluding hydrogens is 2030 g/mol. The molecule has 149 heavy (non-hydrogen) atoms. The average Bonchev–Trinajstić information content (AvgIpc) is 1.73. The zero-order chi connectivity index (χ0) is 119. The number of amides is 6. The number of thioether (sulfide) groups is 9. The van der Waals surface area contributed by atoms with Crippen molar-refractivity contribution in [2.75, 3.05) is 83.8 Å². The number of ketones is 2. The van der Waals surface area contributed by atoms with E-state index in [0.29, 0.717) is 91.1 Å². The molecule has 27 heteroatoms. The zero-order valence-electron chi connectivity index (χ0n) is 106. The minimum atomic E-state index is -0.607. The van der Waals surface area contributed by atoms with Crippen LogP contribution in [0.15, 0.2) is 55.9 Å². The molecule has 0 aromatic rings. The molecule has 1 aliphatic carbocycles. The van der Waals surface area contributed by atoms with E-state index in [2.05, 4.69) is 250 Å². The number of allylic oxidation sites excluding steroid dienone is 2. The van der Waals surface area contributed by atoms with Gasteiger partial charge in [-0.3, -0.25) is 43.2 Å². The molecule has 5 unspecified atom stereocenters. The second kappa shape index (κ2) is 72.2. The summed E-state index contributed by atoms with van der Waals surface area (Å²) in [6, 6.07) is 0.570. The van der Waals surface area contributed by atoms with E-state index >= 15 is 0 Å². The molecule has 18 nitrogen and oxygen atoms in total. The maximum absolute atomic E-state index is 12.4. The number of nitrogens with zero attached hydrogens (tertiary/aromatic N) is 2. The molecule has 2 aliphatic heterocycles. The van der Waals surface area contributed by atoms with E-state index < -0.39 is 5.92 Å². The topological polar surface area (TPSA) is 244 Å². The van der Waals surface area contributed by atoms with Gasteiger partial charge in [0.05, 0.1) is 13.2 Å². The minimum Gasteiger partial charge on any atom is -0.465 e. The summed E-state index contributed by atoms with van der Waals surface area (Å²) in [6.45, 7) is 121. The number of carbonyl (C=O) groups excluding carboxylic acids is 10. The highest BCUT2D eigenvalue weighted by atomic mass is 32.2. The molecule has 0 spiro atoms. The third kappa shape index (κ3) is 104. The van der Waals surface area contributed by atoms with E-state index in [9.17, 15) is 47.9 Å². The van der Waals surface area contributed by atoms with E-state index in [4.69, 9.17) is 9.47 Å². The van der Waals surface area contributed by atoms with Crippen LogP contribution < -0.4 is 21.3 Å². The Labute approximate surface area is 957 Å².